The molecule has 1 aromatic carbocycles. The number of amides is 1. The van der Waals surface area contributed by atoms with Crippen molar-refractivity contribution in [2.75, 3.05) is 7.11 Å². The van der Waals surface area contributed by atoms with Crippen molar-refractivity contribution in [2.24, 2.45) is 0 Å². The molecule has 5 heteroatoms. The summed E-state index contributed by atoms with van der Waals surface area (Å²) in [6, 6.07) is 6.56. The number of carbonyl (C=O) groups is 2. The molecule has 0 bridgehead atoms. The van der Waals surface area contributed by atoms with Gasteiger partial charge in [0, 0.05) is 6.92 Å². The lowest BCUT2D eigenvalue weighted by atomic mass is 10.1. The van der Waals surface area contributed by atoms with Crippen LogP contribution < -0.4 is 10.1 Å². The van der Waals surface area contributed by atoms with Crippen LogP contribution >= 0.6 is 0 Å². The molecule has 2 N–H and O–H groups in total. The first-order valence-corrected chi connectivity index (χ1v) is 5.65. The van der Waals surface area contributed by atoms with Gasteiger partial charge >= 0.3 is 5.97 Å². The summed E-state index contributed by atoms with van der Waals surface area (Å²) in [6.07, 6.45) is 0.947. The van der Waals surface area contributed by atoms with E-state index < -0.39 is 12.0 Å². The predicted molar refractivity (Wildman–Crippen MR) is 66.6 cm³/mol. The number of hydrogen-bond donors (Lipinski definition) is 2. The van der Waals surface area contributed by atoms with E-state index in [1.54, 1.807) is 7.11 Å². The highest BCUT2D eigenvalue weighted by Gasteiger charge is 2.17. The number of rotatable bonds is 6. The molecule has 1 amide bonds. The fourth-order valence-electron chi connectivity index (χ4n) is 1.61. The van der Waals surface area contributed by atoms with Gasteiger partial charge in [0.15, 0.2) is 0 Å². The minimum absolute atomic E-state index is 0.336. The summed E-state index contributed by atoms with van der Waals surface area (Å²) in [7, 11) is 1.59. The number of nitrogens with one attached hydrogen (secondary N) is 1. The molecular weight excluding hydrogens is 234 g/mol. The highest BCUT2D eigenvalue weighted by molar-refractivity contribution is 5.82. The number of aryl methyl sites for hydroxylation is 1. The van der Waals surface area contributed by atoms with E-state index in [1.165, 1.54) is 6.92 Å². The average molecular weight is 251 g/mol. The van der Waals surface area contributed by atoms with Gasteiger partial charge in [-0.3, -0.25) is 4.79 Å². The zero-order valence-electron chi connectivity index (χ0n) is 10.5. The lowest BCUT2D eigenvalue weighted by Crippen LogP contribution is -2.39. The SMILES string of the molecule is COc1ccc(CCC(NC(C)=O)C(=O)O)cc1. The highest BCUT2D eigenvalue weighted by Crippen LogP contribution is 2.13. The van der Waals surface area contributed by atoms with E-state index in [0.717, 1.165) is 11.3 Å². The largest absolute Gasteiger partial charge is 0.497 e. The number of carbonyl (C=O) groups excluding carboxylic acids is 1. The molecular formula is C13H17NO4. The van der Waals surface area contributed by atoms with E-state index in [9.17, 15) is 9.59 Å². The van der Waals surface area contributed by atoms with Gasteiger partial charge in [0.2, 0.25) is 5.91 Å². The van der Waals surface area contributed by atoms with E-state index in [0.29, 0.717) is 12.8 Å². The van der Waals surface area contributed by atoms with Gasteiger partial charge in [-0.2, -0.15) is 0 Å². The standard InChI is InChI=1S/C13H17NO4/c1-9(15)14-12(13(16)17)8-5-10-3-6-11(18-2)7-4-10/h3-4,6-7,12H,5,8H2,1-2H3,(H,14,15)(H,16,17). The molecule has 1 rings (SSSR count). The molecule has 0 aromatic heterocycles. The Labute approximate surface area is 106 Å². The summed E-state index contributed by atoms with van der Waals surface area (Å²) in [5, 5.41) is 11.4. The van der Waals surface area contributed by atoms with Crippen LogP contribution in [0.4, 0.5) is 0 Å². The fraction of sp³-hybridized carbons (Fsp3) is 0.385. The van der Waals surface area contributed by atoms with Crippen LogP contribution in [0.3, 0.4) is 0 Å². The Bertz CT molecular complexity index is 414. The molecule has 1 unspecified atom stereocenters. The molecule has 0 aliphatic heterocycles. The van der Waals surface area contributed by atoms with Crippen LogP contribution in [-0.2, 0) is 16.0 Å². The highest BCUT2D eigenvalue weighted by atomic mass is 16.5. The van der Waals surface area contributed by atoms with E-state index in [4.69, 9.17) is 9.84 Å². The van der Waals surface area contributed by atoms with Gasteiger partial charge < -0.3 is 15.2 Å². The van der Waals surface area contributed by atoms with Crippen LogP contribution in [0.15, 0.2) is 24.3 Å². The van der Waals surface area contributed by atoms with Crippen molar-refractivity contribution in [2.45, 2.75) is 25.8 Å². The van der Waals surface area contributed by atoms with Crippen LogP contribution in [0, 0.1) is 0 Å². The molecule has 0 aliphatic rings. The summed E-state index contributed by atoms with van der Waals surface area (Å²) in [5.74, 6) is -0.591. The van der Waals surface area contributed by atoms with Crippen molar-refractivity contribution >= 4 is 11.9 Å². The van der Waals surface area contributed by atoms with Crippen molar-refractivity contribution in [3.63, 3.8) is 0 Å². The van der Waals surface area contributed by atoms with Gasteiger partial charge in [-0.1, -0.05) is 12.1 Å². The fourth-order valence-corrected chi connectivity index (χ4v) is 1.61. The number of carboxylic acids is 1. The lowest BCUT2D eigenvalue weighted by molar-refractivity contribution is -0.141. The van der Waals surface area contributed by atoms with Crippen LogP contribution in [0.25, 0.3) is 0 Å². The van der Waals surface area contributed by atoms with Gasteiger partial charge in [-0.25, -0.2) is 4.79 Å². The van der Waals surface area contributed by atoms with Crippen molar-refractivity contribution in [1.82, 2.24) is 5.32 Å². The molecule has 5 nitrogen and oxygen atoms in total. The number of hydrogen-bond acceptors (Lipinski definition) is 3. The van der Waals surface area contributed by atoms with Gasteiger partial charge in [0.05, 0.1) is 7.11 Å². The third-order valence-electron chi connectivity index (χ3n) is 2.56. The molecule has 0 aliphatic carbocycles. The smallest absolute Gasteiger partial charge is 0.326 e. The Balaban J connectivity index is 2.55. The van der Waals surface area contributed by atoms with Crippen molar-refractivity contribution in [1.29, 1.82) is 0 Å². The molecule has 0 saturated heterocycles. The summed E-state index contributed by atoms with van der Waals surface area (Å²) < 4.78 is 5.03. The van der Waals surface area contributed by atoms with E-state index in [1.807, 2.05) is 24.3 Å². The average Bonchev–Trinajstić information content (AvgIpc) is 2.34. The van der Waals surface area contributed by atoms with Crippen molar-refractivity contribution in [3.8, 4) is 5.75 Å². The molecule has 0 radical (unpaired) electrons. The quantitative estimate of drug-likeness (QED) is 0.797. The molecule has 1 atom stereocenters. The molecule has 98 valence electrons. The van der Waals surface area contributed by atoms with Crippen LogP contribution in [0.5, 0.6) is 5.75 Å². The summed E-state index contributed by atoms with van der Waals surface area (Å²) >= 11 is 0. The summed E-state index contributed by atoms with van der Waals surface area (Å²) in [6.45, 7) is 1.31. The van der Waals surface area contributed by atoms with E-state index in [2.05, 4.69) is 5.32 Å². The Morgan fingerprint density at radius 3 is 2.39 bits per heavy atom. The topological polar surface area (TPSA) is 75.6 Å². The molecule has 0 heterocycles. The number of aliphatic carboxylic acids is 1. The summed E-state index contributed by atoms with van der Waals surface area (Å²) in [5.41, 5.74) is 1.01. The third-order valence-corrected chi connectivity index (χ3v) is 2.56. The first-order chi connectivity index (χ1) is 8.52. The minimum Gasteiger partial charge on any atom is -0.497 e. The second-order valence-corrected chi connectivity index (χ2v) is 3.98. The normalized spacial score (nSPS) is 11.7. The Kier molecular flexibility index (Phi) is 5.17. The number of ether oxygens (including phenoxy) is 1. The maximum Gasteiger partial charge on any atom is 0.326 e. The second kappa shape index (κ2) is 6.64. The zero-order chi connectivity index (χ0) is 13.5. The first kappa shape index (κ1) is 14.0. The van der Waals surface area contributed by atoms with Crippen molar-refractivity contribution < 1.29 is 19.4 Å². The van der Waals surface area contributed by atoms with Gasteiger partial charge in [-0.15, -0.1) is 0 Å². The van der Waals surface area contributed by atoms with Gasteiger partial charge in [0.1, 0.15) is 11.8 Å². The number of benzene rings is 1. The first-order valence-electron chi connectivity index (χ1n) is 5.65. The lowest BCUT2D eigenvalue weighted by Gasteiger charge is -2.13. The number of methoxy groups -OCH3 is 1. The third kappa shape index (κ3) is 4.45. The van der Waals surface area contributed by atoms with Crippen LogP contribution in [-0.4, -0.2) is 30.1 Å². The monoisotopic (exact) mass is 251 g/mol. The minimum atomic E-state index is -1.02. The van der Waals surface area contributed by atoms with E-state index in [-0.39, 0.29) is 5.91 Å². The zero-order valence-corrected chi connectivity index (χ0v) is 10.5. The van der Waals surface area contributed by atoms with Gasteiger partial charge in [0.25, 0.3) is 0 Å². The predicted octanol–water partition coefficient (Wildman–Crippen LogP) is 1.22. The molecule has 18 heavy (non-hydrogen) atoms. The van der Waals surface area contributed by atoms with Crippen molar-refractivity contribution in [3.05, 3.63) is 29.8 Å². The molecule has 0 saturated carbocycles. The number of carboxylic acid groups (broad SMARTS) is 1. The summed E-state index contributed by atoms with van der Waals surface area (Å²) in [4.78, 5) is 21.8. The maximum atomic E-state index is 10.9. The Morgan fingerprint density at radius 1 is 1.33 bits per heavy atom. The van der Waals surface area contributed by atoms with Crippen LogP contribution in [0.1, 0.15) is 18.9 Å². The molecule has 0 fully saturated rings. The second-order valence-electron chi connectivity index (χ2n) is 3.98. The van der Waals surface area contributed by atoms with Gasteiger partial charge in [-0.05, 0) is 30.5 Å². The Morgan fingerprint density at radius 2 is 1.94 bits per heavy atom. The van der Waals surface area contributed by atoms with Crippen LogP contribution in [0.2, 0.25) is 0 Å². The molecule has 0 spiro atoms. The van der Waals surface area contributed by atoms with E-state index >= 15 is 0 Å². The molecule has 1 aromatic rings. The maximum absolute atomic E-state index is 10.9. The Hall–Kier alpha value is -2.04.